The lowest BCUT2D eigenvalue weighted by atomic mass is 10.3. The van der Waals surface area contributed by atoms with Gasteiger partial charge in [0.25, 0.3) is 0 Å². The van der Waals surface area contributed by atoms with E-state index >= 15 is 0 Å². The minimum atomic E-state index is -4.45. The first kappa shape index (κ1) is 17.2. The van der Waals surface area contributed by atoms with Crippen molar-refractivity contribution in [2.45, 2.75) is 12.8 Å². The van der Waals surface area contributed by atoms with Crippen LogP contribution in [-0.2, 0) is 11.3 Å². The van der Waals surface area contributed by atoms with E-state index in [0.717, 1.165) is 16.4 Å². The highest BCUT2D eigenvalue weighted by atomic mass is 32.1. The quantitative estimate of drug-likeness (QED) is 0.638. The number of pyridine rings is 1. The van der Waals surface area contributed by atoms with E-state index < -0.39 is 18.8 Å². The van der Waals surface area contributed by atoms with E-state index in [4.69, 9.17) is 4.74 Å². The van der Waals surface area contributed by atoms with Crippen LogP contribution in [0.1, 0.15) is 15.4 Å². The Morgan fingerprint density at radius 3 is 2.64 bits per heavy atom. The Labute approximate surface area is 144 Å². The number of esters is 1. The number of hydrogen-bond acceptors (Lipinski definition) is 6. The number of halogens is 3. The second-order valence-corrected chi connectivity index (χ2v) is 6.06. The van der Waals surface area contributed by atoms with E-state index in [1.54, 1.807) is 0 Å². The van der Waals surface area contributed by atoms with E-state index in [9.17, 15) is 18.0 Å². The van der Waals surface area contributed by atoms with E-state index in [1.165, 1.54) is 23.5 Å². The molecule has 0 unspecified atom stereocenters. The first-order valence-corrected chi connectivity index (χ1v) is 7.89. The third-order valence-electron chi connectivity index (χ3n) is 3.02. The molecule has 0 radical (unpaired) electrons. The number of carbonyl (C=O) groups is 1. The summed E-state index contributed by atoms with van der Waals surface area (Å²) >= 11 is 1.42. The monoisotopic (exact) mass is 368 g/mol. The van der Waals surface area contributed by atoms with Crippen LogP contribution in [0, 0.1) is 0 Å². The van der Waals surface area contributed by atoms with Gasteiger partial charge in [-0.3, -0.25) is 0 Å². The highest BCUT2D eigenvalue weighted by Gasteiger charge is 2.28. The number of alkyl halides is 3. The summed E-state index contributed by atoms with van der Waals surface area (Å²) in [4.78, 5) is 20.0. The van der Waals surface area contributed by atoms with Gasteiger partial charge in [0.2, 0.25) is 5.88 Å². The summed E-state index contributed by atoms with van der Waals surface area (Å²) in [6, 6.07) is 10.0. The number of ether oxygens (including phenoxy) is 2. The molecule has 3 aromatic rings. The third-order valence-corrected chi connectivity index (χ3v) is 4.03. The molecule has 0 fully saturated rings. The second-order valence-electron chi connectivity index (χ2n) is 4.94. The normalized spacial score (nSPS) is 11.5. The van der Waals surface area contributed by atoms with Crippen molar-refractivity contribution in [2.75, 3.05) is 6.61 Å². The van der Waals surface area contributed by atoms with Gasteiger partial charge in [0.15, 0.2) is 6.61 Å². The summed E-state index contributed by atoms with van der Waals surface area (Å²) in [6.07, 6.45) is -3.34. The first-order valence-electron chi connectivity index (χ1n) is 7.08. The molecule has 130 valence electrons. The van der Waals surface area contributed by atoms with Crippen LogP contribution in [-0.4, -0.2) is 28.7 Å². The third kappa shape index (κ3) is 4.66. The highest BCUT2D eigenvalue weighted by molar-refractivity contribution is 7.18. The maximum Gasteiger partial charge on any atom is 0.422 e. The van der Waals surface area contributed by atoms with Crippen molar-refractivity contribution in [1.29, 1.82) is 0 Å². The lowest BCUT2D eigenvalue weighted by Gasteiger charge is -2.08. The predicted octanol–water partition coefficient (Wildman–Crippen LogP) is 3.99. The molecule has 0 atom stereocenters. The Bertz CT molecular complexity index is 845. The predicted molar refractivity (Wildman–Crippen MR) is 84.5 cm³/mol. The molecule has 25 heavy (non-hydrogen) atoms. The molecule has 0 amide bonds. The van der Waals surface area contributed by atoms with Crippen molar-refractivity contribution in [3.63, 3.8) is 0 Å². The van der Waals surface area contributed by atoms with Gasteiger partial charge in [-0.05, 0) is 18.2 Å². The Hall–Kier alpha value is -2.68. The largest absolute Gasteiger partial charge is 0.468 e. The maximum absolute atomic E-state index is 12.1. The molecule has 9 heteroatoms. The minimum Gasteiger partial charge on any atom is -0.468 e. The van der Waals surface area contributed by atoms with Crippen LogP contribution < -0.4 is 4.74 Å². The number of hydrogen-bond donors (Lipinski definition) is 0. The number of carbonyl (C=O) groups excluding carboxylic acids is 1. The number of thiazole rings is 1. The van der Waals surface area contributed by atoms with Crippen molar-refractivity contribution in [2.24, 2.45) is 0 Å². The lowest BCUT2D eigenvalue weighted by Crippen LogP contribution is -2.19. The fraction of sp³-hybridized carbons (Fsp3) is 0.188. The molecule has 0 aliphatic rings. The summed E-state index contributed by atoms with van der Waals surface area (Å²) in [6.45, 7) is -1.44. The van der Waals surface area contributed by atoms with Crippen LogP contribution >= 0.6 is 11.3 Å². The topological polar surface area (TPSA) is 61.3 Å². The molecular formula is C16H11F3N2O3S. The summed E-state index contributed by atoms with van der Waals surface area (Å²) in [5.74, 6) is -0.867. The van der Waals surface area contributed by atoms with Crippen LogP contribution in [0.4, 0.5) is 13.2 Å². The standard InChI is InChI=1S/C16H11F3N2O3S/c17-16(18,19)9-24-13-6-5-10(7-20-13)15(22)23-8-14-21-11-3-1-2-4-12(11)25-14/h1-7H,8-9H2. The zero-order chi connectivity index (χ0) is 17.9. The smallest absolute Gasteiger partial charge is 0.422 e. The number of para-hydroxylation sites is 1. The van der Waals surface area contributed by atoms with Gasteiger partial charge in [0, 0.05) is 12.3 Å². The van der Waals surface area contributed by atoms with Gasteiger partial charge in [0.1, 0.15) is 11.6 Å². The van der Waals surface area contributed by atoms with Crippen LogP contribution in [0.5, 0.6) is 5.88 Å². The van der Waals surface area contributed by atoms with Crippen molar-refractivity contribution < 1.29 is 27.4 Å². The summed E-state index contributed by atoms with van der Waals surface area (Å²) in [5.41, 5.74) is 0.937. The van der Waals surface area contributed by atoms with Gasteiger partial charge in [-0.2, -0.15) is 13.2 Å². The minimum absolute atomic E-state index is 0.00447. The second kappa shape index (κ2) is 7.06. The molecule has 1 aromatic carbocycles. The van der Waals surface area contributed by atoms with Gasteiger partial charge in [-0.15, -0.1) is 11.3 Å². The van der Waals surface area contributed by atoms with Gasteiger partial charge in [-0.1, -0.05) is 12.1 Å². The van der Waals surface area contributed by atoms with Crippen molar-refractivity contribution >= 4 is 27.5 Å². The van der Waals surface area contributed by atoms with Crippen molar-refractivity contribution in [1.82, 2.24) is 9.97 Å². The molecule has 0 spiro atoms. The molecule has 0 aliphatic carbocycles. The Balaban J connectivity index is 1.57. The molecule has 5 nitrogen and oxygen atoms in total. The summed E-state index contributed by atoms with van der Waals surface area (Å²) in [7, 11) is 0. The maximum atomic E-state index is 12.1. The van der Waals surface area contributed by atoms with Crippen LogP contribution in [0.25, 0.3) is 10.2 Å². The van der Waals surface area contributed by atoms with E-state index in [2.05, 4.69) is 14.7 Å². The highest BCUT2D eigenvalue weighted by Crippen LogP contribution is 2.22. The summed E-state index contributed by atoms with van der Waals surface area (Å²) < 4.78 is 46.8. The SMILES string of the molecule is O=C(OCc1nc2ccccc2s1)c1ccc(OCC(F)(F)F)nc1. The molecule has 2 heterocycles. The van der Waals surface area contributed by atoms with Crippen LogP contribution in [0.2, 0.25) is 0 Å². The molecule has 0 aliphatic heterocycles. The van der Waals surface area contributed by atoms with Crippen LogP contribution in [0.3, 0.4) is 0 Å². The number of nitrogens with zero attached hydrogens (tertiary/aromatic N) is 2. The zero-order valence-electron chi connectivity index (χ0n) is 12.6. The fourth-order valence-electron chi connectivity index (χ4n) is 1.93. The van der Waals surface area contributed by atoms with Crippen molar-refractivity contribution in [3.8, 4) is 5.88 Å². The van der Waals surface area contributed by atoms with E-state index in [0.29, 0.717) is 5.01 Å². The van der Waals surface area contributed by atoms with Gasteiger partial charge in [-0.25, -0.2) is 14.8 Å². The lowest BCUT2D eigenvalue weighted by molar-refractivity contribution is -0.154. The molecule has 0 saturated carbocycles. The van der Waals surface area contributed by atoms with Gasteiger partial charge >= 0.3 is 12.1 Å². The Morgan fingerprint density at radius 2 is 1.96 bits per heavy atom. The molecular weight excluding hydrogens is 357 g/mol. The molecule has 0 saturated heterocycles. The molecule has 2 aromatic heterocycles. The Kier molecular flexibility index (Phi) is 4.84. The molecule has 0 bridgehead atoms. The van der Waals surface area contributed by atoms with Gasteiger partial charge < -0.3 is 9.47 Å². The average molecular weight is 368 g/mol. The molecule has 3 rings (SSSR count). The fourth-order valence-corrected chi connectivity index (χ4v) is 2.82. The molecule has 0 N–H and O–H groups in total. The van der Waals surface area contributed by atoms with Gasteiger partial charge in [0.05, 0.1) is 15.8 Å². The van der Waals surface area contributed by atoms with E-state index in [-0.39, 0.29) is 18.1 Å². The zero-order valence-corrected chi connectivity index (χ0v) is 13.4. The average Bonchev–Trinajstić information content (AvgIpc) is 3.00. The van der Waals surface area contributed by atoms with Crippen molar-refractivity contribution in [3.05, 3.63) is 53.2 Å². The number of fused-ring (bicyclic) bond motifs is 1. The summed E-state index contributed by atoms with van der Waals surface area (Å²) in [5, 5.41) is 0.646. The first-order chi connectivity index (χ1) is 11.9. The number of rotatable bonds is 5. The number of benzene rings is 1. The van der Waals surface area contributed by atoms with Crippen LogP contribution in [0.15, 0.2) is 42.6 Å². The van der Waals surface area contributed by atoms with E-state index in [1.807, 2.05) is 24.3 Å². The number of aromatic nitrogens is 2. The Morgan fingerprint density at radius 1 is 1.16 bits per heavy atom.